The van der Waals surface area contributed by atoms with Crippen LogP contribution in [0.4, 0.5) is 0 Å². The van der Waals surface area contributed by atoms with Gasteiger partial charge in [-0.3, -0.25) is 4.79 Å². The Kier molecular flexibility index (Phi) is 23.5. The van der Waals surface area contributed by atoms with Gasteiger partial charge in [0, 0.05) is 13.0 Å². The lowest BCUT2D eigenvalue weighted by atomic mass is 10.1. The average Bonchev–Trinajstić information content (AvgIpc) is 2.73. The SMILES string of the molecule is CCCCCCC/C=C\C/C=C\C/C=C\CCCCCCCCC(=O)NCCO. The number of aliphatic hydroxyl groups excluding tert-OH is 1. The molecule has 0 unspecified atom stereocenters. The van der Waals surface area contributed by atoms with Crippen molar-refractivity contribution in [2.24, 2.45) is 0 Å². The Morgan fingerprint density at radius 1 is 0.690 bits per heavy atom. The summed E-state index contributed by atoms with van der Waals surface area (Å²) in [7, 11) is 0. The van der Waals surface area contributed by atoms with Gasteiger partial charge in [0.25, 0.3) is 0 Å². The highest BCUT2D eigenvalue weighted by atomic mass is 16.3. The first-order valence-corrected chi connectivity index (χ1v) is 12.1. The molecule has 0 aliphatic carbocycles. The van der Waals surface area contributed by atoms with E-state index in [2.05, 4.69) is 48.7 Å². The number of hydrogen-bond acceptors (Lipinski definition) is 2. The summed E-state index contributed by atoms with van der Waals surface area (Å²) in [4.78, 5) is 11.4. The molecule has 1 amide bonds. The van der Waals surface area contributed by atoms with Gasteiger partial charge in [-0.05, 0) is 44.9 Å². The van der Waals surface area contributed by atoms with Crippen molar-refractivity contribution in [2.45, 2.75) is 110 Å². The Bertz CT molecular complexity index is 426. The van der Waals surface area contributed by atoms with Crippen molar-refractivity contribution < 1.29 is 9.90 Å². The van der Waals surface area contributed by atoms with Gasteiger partial charge in [0.15, 0.2) is 0 Å². The van der Waals surface area contributed by atoms with E-state index in [0.717, 1.165) is 25.7 Å². The number of carbonyl (C=O) groups excluding carboxylic acids is 1. The topological polar surface area (TPSA) is 49.3 Å². The maximum atomic E-state index is 11.4. The van der Waals surface area contributed by atoms with Gasteiger partial charge in [-0.1, -0.05) is 94.7 Å². The van der Waals surface area contributed by atoms with Crippen LogP contribution < -0.4 is 5.32 Å². The third-order valence-electron chi connectivity index (χ3n) is 4.98. The second kappa shape index (κ2) is 24.7. The van der Waals surface area contributed by atoms with Gasteiger partial charge in [-0.2, -0.15) is 0 Å². The van der Waals surface area contributed by atoms with E-state index in [-0.39, 0.29) is 12.5 Å². The second-order valence-corrected chi connectivity index (χ2v) is 7.82. The molecule has 168 valence electrons. The van der Waals surface area contributed by atoms with Gasteiger partial charge in [-0.25, -0.2) is 0 Å². The van der Waals surface area contributed by atoms with Crippen LogP contribution in [-0.4, -0.2) is 24.2 Å². The van der Waals surface area contributed by atoms with E-state index in [9.17, 15) is 4.79 Å². The molecule has 0 atom stereocenters. The predicted molar refractivity (Wildman–Crippen MR) is 127 cm³/mol. The number of hydrogen-bond donors (Lipinski definition) is 2. The molecular weight excluding hydrogens is 358 g/mol. The lowest BCUT2D eigenvalue weighted by Gasteiger charge is -2.03. The first-order chi connectivity index (χ1) is 14.3. The minimum Gasteiger partial charge on any atom is -0.395 e. The van der Waals surface area contributed by atoms with Crippen LogP contribution >= 0.6 is 0 Å². The molecule has 0 aromatic heterocycles. The first kappa shape index (κ1) is 27.6. The Labute approximate surface area is 180 Å². The Morgan fingerprint density at radius 2 is 1.17 bits per heavy atom. The molecule has 2 N–H and O–H groups in total. The number of rotatable bonds is 21. The smallest absolute Gasteiger partial charge is 0.220 e. The molecule has 29 heavy (non-hydrogen) atoms. The number of amides is 1. The molecule has 0 saturated heterocycles. The number of unbranched alkanes of at least 4 members (excludes halogenated alkanes) is 11. The summed E-state index contributed by atoms with van der Waals surface area (Å²) >= 11 is 0. The maximum absolute atomic E-state index is 11.4. The van der Waals surface area contributed by atoms with Crippen molar-refractivity contribution in [1.82, 2.24) is 5.32 Å². The molecule has 0 bridgehead atoms. The molecule has 0 fully saturated rings. The largest absolute Gasteiger partial charge is 0.395 e. The van der Waals surface area contributed by atoms with E-state index in [1.165, 1.54) is 70.6 Å². The van der Waals surface area contributed by atoms with Crippen LogP contribution in [-0.2, 0) is 4.79 Å². The Balaban J connectivity index is 3.29. The number of carbonyl (C=O) groups is 1. The highest BCUT2D eigenvalue weighted by Gasteiger charge is 1.99. The van der Waals surface area contributed by atoms with Gasteiger partial charge >= 0.3 is 0 Å². The van der Waals surface area contributed by atoms with Crippen molar-refractivity contribution in [1.29, 1.82) is 0 Å². The average molecular weight is 406 g/mol. The summed E-state index contributed by atoms with van der Waals surface area (Å²) in [6.07, 6.45) is 32.8. The fourth-order valence-electron chi connectivity index (χ4n) is 3.18. The van der Waals surface area contributed by atoms with E-state index >= 15 is 0 Å². The van der Waals surface area contributed by atoms with Crippen molar-refractivity contribution in [3.05, 3.63) is 36.5 Å². The molecule has 0 aliphatic heterocycles. The minimum atomic E-state index is 0.0210. The van der Waals surface area contributed by atoms with Crippen LogP contribution in [0.1, 0.15) is 110 Å². The second-order valence-electron chi connectivity index (χ2n) is 7.82. The van der Waals surface area contributed by atoms with Crippen LogP contribution in [0.25, 0.3) is 0 Å². The molecule has 3 heteroatoms. The molecular formula is C26H47NO2. The Hall–Kier alpha value is -1.35. The van der Waals surface area contributed by atoms with Crippen LogP contribution in [0.3, 0.4) is 0 Å². The normalized spacial score (nSPS) is 11.9. The monoisotopic (exact) mass is 405 g/mol. The van der Waals surface area contributed by atoms with Crippen molar-refractivity contribution in [3.63, 3.8) is 0 Å². The highest BCUT2D eigenvalue weighted by Crippen LogP contribution is 2.09. The van der Waals surface area contributed by atoms with Gasteiger partial charge in [0.1, 0.15) is 0 Å². The number of allylic oxidation sites excluding steroid dienone is 6. The summed E-state index contributed by atoms with van der Waals surface area (Å²) < 4.78 is 0. The van der Waals surface area contributed by atoms with Gasteiger partial charge in [0.2, 0.25) is 5.91 Å². The Morgan fingerprint density at radius 3 is 1.72 bits per heavy atom. The third kappa shape index (κ3) is 24.6. The number of nitrogens with one attached hydrogen (secondary N) is 1. The summed E-state index contributed by atoms with van der Waals surface area (Å²) in [5, 5.41) is 11.3. The molecule has 0 aromatic carbocycles. The molecule has 0 saturated carbocycles. The first-order valence-electron chi connectivity index (χ1n) is 12.1. The van der Waals surface area contributed by atoms with Gasteiger partial charge in [-0.15, -0.1) is 0 Å². The fourth-order valence-corrected chi connectivity index (χ4v) is 3.18. The molecule has 0 aromatic rings. The van der Waals surface area contributed by atoms with E-state index in [1.807, 2.05) is 0 Å². The van der Waals surface area contributed by atoms with Gasteiger partial charge < -0.3 is 10.4 Å². The van der Waals surface area contributed by atoms with Crippen molar-refractivity contribution in [3.8, 4) is 0 Å². The fraction of sp³-hybridized carbons (Fsp3) is 0.731. The quantitative estimate of drug-likeness (QED) is 0.159. The standard InChI is InChI=1S/C26H47NO2/c1-2-3-4-5-6-7-8-9-10-11-12-13-14-15-16-17-18-19-20-21-22-23-26(29)27-24-25-28/h8-9,11-12,14-15,28H,2-7,10,13,16-25H2,1H3,(H,27,29)/b9-8-,12-11-,15-14-. The predicted octanol–water partition coefficient (Wildman–Crippen LogP) is 7.03. The van der Waals surface area contributed by atoms with E-state index < -0.39 is 0 Å². The highest BCUT2D eigenvalue weighted by molar-refractivity contribution is 5.75. The van der Waals surface area contributed by atoms with E-state index in [0.29, 0.717) is 13.0 Å². The van der Waals surface area contributed by atoms with Crippen LogP contribution in [0.2, 0.25) is 0 Å². The van der Waals surface area contributed by atoms with Crippen molar-refractivity contribution >= 4 is 5.91 Å². The van der Waals surface area contributed by atoms with E-state index in [1.54, 1.807) is 0 Å². The lowest BCUT2D eigenvalue weighted by molar-refractivity contribution is -0.121. The van der Waals surface area contributed by atoms with Crippen LogP contribution in [0.15, 0.2) is 36.5 Å². The molecule has 3 nitrogen and oxygen atoms in total. The maximum Gasteiger partial charge on any atom is 0.220 e. The zero-order valence-corrected chi connectivity index (χ0v) is 19.0. The molecule has 0 spiro atoms. The summed E-state index contributed by atoms with van der Waals surface area (Å²) in [6.45, 7) is 2.66. The van der Waals surface area contributed by atoms with Crippen LogP contribution in [0, 0.1) is 0 Å². The molecule has 0 heterocycles. The molecule has 0 rings (SSSR count). The summed E-state index contributed by atoms with van der Waals surface area (Å²) in [5.74, 6) is 0.0621. The van der Waals surface area contributed by atoms with Gasteiger partial charge in [0.05, 0.1) is 6.61 Å². The van der Waals surface area contributed by atoms with E-state index in [4.69, 9.17) is 5.11 Å². The minimum absolute atomic E-state index is 0.0210. The zero-order valence-electron chi connectivity index (χ0n) is 19.0. The summed E-state index contributed by atoms with van der Waals surface area (Å²) in [6, 6.07) is 0. The van der Waals surface area contributed by atoms with Crippen molar-refractivity contribution in [2.75, 3.05) is 13.2 Å². The molecule has 0 radical (unpaired) electrons. The zero-order chi connectivity index (χ0) is 21.3. The third-order valence-corrected chi connectivity index (χ3v) is 4.98. The molecule has 0 aliphatic rings. The number of aliphatic hydroxyl groups is 1. The summed E-state index contributed by atoms with van der Waals surface area (Å²) in [5.41, 5.74) is 0. The van der Waals surface area contributed by atoms with Crippen LogP contribution in [0.5, 0.6) is 0 Å². The lowest BCUT2D eigenvalue weighted by Crippen LogP contribution is -2.25.